The van der Waals surface area contributed by atoms with E-state index in [4.69, 9.17) is 4.74 Å². The Morgan fingerprint density at radius 1 is 1.09 bits per heavy atom. The van der Waals surface area contributed by atoms with Gasteiger partial charge < -0.3 is 25.0 Å². The van der Waals surface area contributed by atoms with Gasteiger partial charge in [-0.25, -0.2) is 4.39 Å². The highest BCUT2D eigenvalue weighted by Gasteiger charge is 2.52. The lowest BCUT2D eigenvalue weighted by molar-refractivity contribution is -0.150. The van der Waals surface area contributed by atoms with Gasteiger partial charge in [0.25, 0.3) is 11.8 Å². The van der Waals surface area contributed by atoms with Crippen LogP contribution in [0.25, 0.3) is 0 Å². The summed E-state index contributed by atoms with van der Waals surface area (Å²) in [6.45, 7) is 4.65. The third kappa shape index (κ3) is 3.58. The molecule has 2 heterocycles. The summed E-state index contributed by atoms with van der Waals surface area (Å²) in [4.78, 5) is 29.2. The second-order valence-corrected chi connectivity index (χ2v) is 9.06. The van der Waals surface area contributed by atoms with Gasteiger partial charge in [-0.05, 0) is 51.0 Å². The molecular weight excluding hydrogens is 413 g/mol. The lowest BCUT2D eigenvalue weighted by Gasteiger charge is -2.45. The molecule has 1 saturated heterocycles. The fourth-order valence-electron chi connectivity index (χ4n) is 4.61. The van der Waals surface area contributed by atoms with Crippen molar-refractivity contribution in [2.75, 3.05) is 18.4 Å². The van der Waals surface area contributed by atoms with Crippen LogP contribution < -0.4 is 10.1 Å². The molecule has 168 valence electrons. The van der Waals surface area contributed by atoms with Gasteiger partial charge in [0.2, 0.25) is 0 Å². The molecule has 5 rings (SSSR count). The van der Waals surface area contributed by atoms with Crippen molar-refractivity contribution in [3.8, 4) is 5.75 Å². The summed E-state index contributed by atoms with van der Waals surface area (Å²) in [6, 6.07) is 11.2. The molecule has 2 amide bonds. The average Bonchev–Trinajstić information content (AvgIpc) is 3.38. The van der Waals surface area contributed by atoms with Crippen molar-refractivity contribution >= 4 is 17.5 Å². The molecule has 0 spiro atoms. The number of hydrogen-bond donors (Lipinski definition) is 2. The quantitative estimate of drug-likeness (QED) is 0.769. The van der Waals surface area contributed by atoms with Gasteiger partial charge in [-0.2, -0.15) is 0 Å². The minimum absolute atomic E-state index is 0.0989. The molecule has 3 aliphatic rings. The van der Waals surface area contributed by atoms with Crippen LogP contribution in [0.5, 0.6) is 5.75 Å². The Bertz CT molecular complexity index is 1060. The number of halogens is 1. The number of fused-ring (bicyclic) bond motifs is 1. The summed E-state index contributed by atoms with van der Waals surface area (Å²) >= 11 is 0. The smallest absolute Gasteiger partial charge is 0.255 e. The molecule has 2 aliphatic heterocycles. The van der Waals surface area contributed by atoms with Crippen LogP contribution in [-0.4, -0.2) is 57.5 Å². The number of piperazine rings is 1. The van der Waals surface area contributed by atoms with Crippen LogP contribution in [-0.2, 0) is 4.79 Å². The molecule has 3 atom stereocenters. The average molecular weight is 439 g/mol. The number of nitrogens with one attached hydrogen (secondary N) is 1. The number of anilines is 1. The standard InChI is InChI=1S/C24H26FN3O4/c1-14-12-27(13-15(2)28(14)23(30)24(31)9-10-24)22(29)17-5-3-16(4-6-17)21-26-19-8-7-18(25)11-20(19)32-21/h3-8,11,14-15,21,26,31H,9-10,12-13H2,1-2H3/t14-,15+,21?. The SMILES string of the molecule is C[C@@H]1CN(C(=O)c2ccc(C3Nc4ccc(F)cc4O3)cc2)C[C@H](C)N1C(=O)C1(O)CC1. The van der Waals surface area contributed by atoms with Crippen molar-refractivity contribution in [2.45, 2.75) is 50.6 Å². The molecule has 0 aromatic heterocycles. The first-order valence-electron chi connectivity index (χ1n) is 10.9. The first-order chi connectivity index (χ1) is 15.2. The molecule has 2 fully saturated rings. The summed E-state index contributed by atoms with van der Waals surface area (Å²) in [5, 5.41) is 13.4. The Morgan fingerprint density at radius 2 is 1.75 bits per heavy atom. The maximum atomic E-state index is 13.4. The zero-order chi connectivity index (χ0) is 22.6. The van der Waals surface area contributed by atoms with Gasteiger partial charge in [0.05, 0.1) is 5.69 Å². The first kappa shape index (κ1) is 20.8. The van der Waals surface area contributed by atoms with E-state index in [-0.39, 0.29) is 29.7 Å². The molecule has 0 bridgehead atoms. The van der Waals surface area contributed by atoms with Crippen LogP contribution in [0.2, 0.25) is 0 Å². The Kier molecular flexibility index (Phi) is 4.85. The highest BCUT2D eigenvalue weighted by molar-refractivity contribution is 5.95. The number of amides is 2. The molecule has 7 nitrogen and oxygen atoms in total. The topological polar surface area (TPSA) is 82.1 Å². The van der Waals surface area contributed by atoms with Gasteiger partial charge in [0.15, 0.2) is 6.23 Å². The van der Waals surface area contributed by atoms with E-state index in [1.165, 1.54) is 12.1 Å². The molecule has 32 heavy (non-hydrogen) atoms. The summed E-state index contributed by atoms with van der Waals surface area (Å²) in [6.07, 6.45) is 0.575. The van der Waals surface area contributed by atoms with E-state index in [2.05, 4.69) is 5.32 Å². The van der Waals surface area contributed by atoms with Gasteiger partial charge in [-0.3, -0.25) is 9.59 Å². The number of hydrogen-bond acceptors (Lipinski definition) is 5. The Balaban J connectivity index is 1.25. The number of rotatable bonds is 3. The van der Waals surface area contributed by atoms with Crippen LogP contribution in [0, 0.1) is 5.82 Å². The minimum Gasteiger partial charge on any atom is -0.464 e. The Morgan fingerprint density at radius 3 is 2.38 bits per heavy atom. The van der Waals surface area contributed by atoms with E-state index < -0.39 is 11.8 Å². The van der Waals surface area contributed by atoms with Crippen LogP contribution >= 0.6 is 0 Å². The van der Waals surface area contributed by atoms with Gasteiger partial charge in [0, 0.05) is 42.4 Å². The van der Waals surface area contributed by atoms with Crippen molar-refractivity contribution in [3.05, 3.63) is 59.4 Å². The van der Waals surface area contributed by atoms with Crippen molar-refractivity contribution in [2.24, 2.45) is 0 Å². The zero-order valence-electron chi connectivity index (χ0n) is 18.0. The molecule has 2 N–H and O–H groups in total. The number of benzene rings is 2. The third-order valence-electron chi connectivity index (χ3n) is 6.50. The predicted molar refractivity (Wildman–Crippen MR) is 116 cm³/mol. The highest BCUT2D eigenvalue weighted by atomic mass is 19.1. The molecule has 1 aliphatic carbocycles. The van der Waals surface area contributed by atoms with Gasteiger partial charge in [0.1, 0.15) is 17.2 Å². The van der Waals surface area contributed by atoms with Crippen LogP contribution in [0.3, 0.4) is 0 Å². The van der Waals surface area contributed by atoms with Gasteiger partial charge >= 0.3 is 0 Å². The largest absolute Gasteiger partial charge is 0.464 e. The maximum absolute atomic E-state index is 13.4. The number of nitrogens with zero attached hydrogens (tertiary/aromatic N) is 2. The van der Waals surface area contributed by atoms with Crippen LogP contribution in [0.15, 0.2) is 42.5 Å². The predicted octanol–water partition coefficient (Wildman–Crippen LogP) is 2.92. The fourth-order valence-corrected chi connectivity index (χ4v) is 4.61. The van der Waals surface area contributed by atoms with E-state index in [1.807, 2.05) is 26.0 Å². The normalized spacial score (nSPS) is 25.6. The molecule has 2 aromatic rings. The summed E-state index contributed by atoms with van der Waals surface area (Å²) < 4.78 is 19.2. The van der Waals surface area contributed by atoms with Crippen molar-refractivity contribution in [3.63, 3.8) is 0 Å². The molecular formula is C24H26FN3O4. The van der Waals surface area contributed by atoms with Crippen LogP contribution in [0.4, 0.5) is 10.1 Å². The minimum atomic E-state index is -1.20. The number of carbonyl (C=O) groups excluding carboxylic acids is 2. The summed E-state index contributed by atoms with van der Waals surface area (Å²) in [5.41, 5.74) is 0.901. The van der Waals surface area contributed by atoms with Crippen LogP contribution in [0.1, 0.15) is 48.8 Å². The lowest BCUT2D eigenvalue weighted by Crippen LogP contribution is -2.62. The molecule has 1 unspecified atom stereocenters. The third-order valence-corrected chi connectivity index (χ3v) is 6.50. The monoisotopic (exact) mass is 439 g/mol. The molecule has 2 aromatic carbocycles. The van der Waals surface area contributed by atoms with Gasteiger partial charge in [-0.1, -0.05) is 12.1 Å². The number of carbonyl (C=O) groups is 2. The Hall–Kier alpha value is -3.13. The van der Waals surface area contributed by atoms with Crippen molar-refractivity contribution in [1.82, 2.24) is 9.80 Å². The summed E-state index contributed by atoms with van der Waals surface area (Å²) in [7, 11) is 0. The second-order valence-electron chi connectivity index (χ2n) is 9.06. The molecule has 8 heteroatoms. The van der Waals surface area contributed by atoms with E-state index >= 15 is 0 Å². The lowest BCUT2D eigenvalue weighted by atomic mass is 10.0. The van der Waals surface area contributed by atoms with E-state index in [0.29, 0.717) is 37.2 Å². The van der Waals surface area contributed by atoms with E-state index in [1.54, 1.807) is 28.0 Å². The van der Waals surface area contributed by atoms with E-state index in [0.717, 1.165) is 11.3 Å². The molecule has 1 saturated carbocycles. The van der Waals surface area contributed by atoms with Crippen molar-refractivity contribution < 1.29 is 23.8 Å². The maximum Gasteiger partial charge on any atom is 0.255 e. The van der Waals surface area contributed by atoms with Crippen molar-refractivity contribution in [1.29, 1.82) is 0 Å². The zero-order valence-corrected chi connectivity index (χ0v) is 18.0. The number of ether oxygens (including phenoxy) is 1. The van der Waals surface area contributed by atoms with Gasteiger partial charge in [-0.15, -0.1) is 0 Å². The highest BCUT2D eigenvalue weighted by Crippen LogP contribution is 2.39. The van der Waals surface area contributed by atoms with E-state index in [9.17, 15) is 19.1 Å². The Labute approximate surface area is 185 Å². The fraction of sp³-hybridized carbons (Fsp3) is 0.417. The molecule has 0 radical (unpaired) electrons. The first-order valence-corrected chi connectivity index (χ1v) is 10.9. The second kappa shape index (κ2) is 7.48. The number of aliphatic hydroxyl groups is 1. The summed E-state index contributed by atoms with van der Waals surface area (Å²) in [5.74, 6) is -0.220.